The molecule has 8 heteroatoms. The van der Waals surface area contributed by atoms with E-state index in [1.54, 1.807) is 12.1 Å². The number of nitrogens with one attached hydrogen (secondary N) is 1. The summed E-state index contributed by atoms with van der Waals surface area (Å²) >= 11 is 3.33. The highest BCUT2D eigenvalue weighted by molar-refractivity contribution is 9.10. The lowest BCUT2D eigenvalue weighted by Gasteiger charge is -2.14. The van der Waals surface area contributed by atoms with Crippen molar-refractivity contribution in [3.63, 3.8) is 0 Å². The van der Waals surface area contributed by atoms with Gasteiger partial charge >= 0.3 is 5.97 Å². The van der Waals surface area contributed by atoms with Crippen LogP contribution in [0.2, 0.25) is 0 Å². The molecule has 1 N–H and O–H groups in total. The van der Waals surface area contributed by atoms with Crippen molar-refractivity contribution < 1.29 is 28.5 Å². The fourth-order valence-electron chi connectivity index (χ4n) is 2.44. The maximum absolute atomic E-state index is 12.0. The van der Waals surface area contributed by atoms with Crippen molar-refractivity contribution in [1.82, 2.24) is 5.32 Å². The van der Waals surface area contributed by atoms with E-state index < -0.39 is 11.9 Å². The third-order valence-electron chi connectivity index (χ3n) is 3.89. The molecule has 0 aliphatic heterocycles. The molecule has 0 unspecified atom stereocenters. The molecule has 0 aliphatic rings. The molecule has 0 radical (unpaired) electrons. The Labute approximate surface area is 172 Å². The Morgan fingerprint density at radius 1 is 0.929 bits per heavy atom. The van der Waals surface area contributed by atoms with E-state index in [9.17, 15) is 9.59 Å². The molecule has 2 aromatic carbocycles. The molecule has 0 saturated heterocycles. The van der Waals surface area contributed by atoms with Gasteiger partial charge in [-0.3, -0.25) is 9.59 Å². The Bertz CT molecular complexity index is 822. The van der Waals surface area contributed by atoms with E-state index in [4.69, 9.17) is 18.9 Å². The first-order valence-electron chi connectivity index (χ1n) is 8.42. The summed E-state index contributed by atoms with van der Waals surface area (Å²) in [4.78, 5) is 23.9. The van der Waals surface area contributed by atoms with Crippen LogP contribution in [0, 0.1) is 0 Å². The molecule has 0 saturated carbocycles. The van der Waals surface area contributed by atoms with Crippen LogP contribution in [-0.4, -0.2) is 39.8 Å². The van der Waals surface area contributed by atoms with E-state index in [0.29, 0.717) is 22.8 Å². The summed E-state index contributed by atoms with van der Waals surface area (Å²) in [6, 6.07) is 10.7. The van der Waals surface area contributed by atoms with Crippen LogP contribution in [0.5, 0.6) is 17.2 Å². The highest BCUT2D eigenvalue weighted by Crippen LogP contribution is 2.34. The predicted molar refractivity (Wildman–Crippen MR) is 107 cm³/mol. The van der Waals surface area contributed by atoms with Crippen LogP contribution < -0.4 is 19.5 Å². The minimum Gasteiger partial charge on any atom is -0.496 e. The largest absolute Gasteiger partial charge is 0.496 e. The topological polar surface area (TPSA) is 83.1 Å². The van der Waals surface area contributed by atoms with Crippen LogP contribution in [0.3, 0.4) is 0 Å². The standard InChI is InChI=1S/C20H22BrNO6/c1-25-16-10-18(27-3)17(26-2)9-14(16)11-22-19(23)12-28-20(24)8-13-4-6-15(21)7-5-13/h4-7,9-10H,8,11-12H2,1-3H3,(H,22,23). The summed E-state index contributed by atoms with van der Waals surface area (Å²) in [6.07, 6.45) is 0.101. The molecule has 0 spiro atoms. The average molecular weight is 452 g/mol. The van der Waals surface area contributed by atoms with Crippen LogP contribution in [0.15, 0.2) is 40.9 Å². The zero-order valence-corrected chi connectivity index (χ0v) is 17.5. The van der Waals surface area contributed by atoms with Gasteiger partial charge in [0.15, 0.2) is 18.1 Å². The number of amides is 1. The Morgan fingerprint density at radius 3 is 2.14 bits per heavy atom. The molecule has 0 aliphatic carbocycles. The van der Waals surface area contributed by atoms with E-state index >= 15 is 0 Å². The molecule has 0 bridgehead atoms. The monoisotopic (exact) mass is 451 g/mol. The van der Waals surface area contributed by atoms with Gasteiger partial charge in [0.2, 0.25) is 0 Å². The van der Waals surface area contributed by atoms with Crippen molar-refractivity contribution in [1.29, 1.82) is 0 Å². The summed E-state index contributed by atoms with van der Waals surface area (Å²) in [5.74, 6) is 0.706. The first-order chi connectivity index (χ1) is 13.5. The van der Waals surface area contributed by atoms with Gasteiger partial charge in [0.05, 0.1) is 27.8 Å². The van der Waals surface area contributed by atoms with Gasteiger partial charge in [0.25, 0.3) is 5.91 Å². The zero-order chi connectivity index (χ0) is 20.5. The van der Waals surface area contributed by atoms with Gasteiger partial charge in [0.1, 0.15) is 5.75 Å². The molecule has 2 aromatic rings. The zero-order valence-electron chi connectivity index (χ0n) is 15.9. The summed E-state index contributed by atoms with van der Waals surface area (Å²) < 4.78 is 21.8. The first kappa shape index (κ1) is 21.6. The molecule has 0 heterocycles. The normalized spacial score (nSPS) is 10.1. The minimum atomic E-state index is -0.471. The smallest absolute Gasteiger partial charge is 0.310 e. The van der Waals surface area contributed by atoms with Crippen molar-refractivity contribution in [2.75, 3.05) is 27.9 Å². The number of halogens is 1. The molecule has 0 fully saturated rings. The number of rotatable bonds is 9. The van der Waals surface area contributed by atoms with Crippen molar-refractivity contribution in [3.05, 3.63) is 52.0 Å². The van der Waals surface area contributed by atoms with Crippen LogP contribution in [-0.2, 0) is 27.3 Å². The Morgan fingerprint density at radius 2 is 1.54 bits per heavy atom. The first-order valence-corrected chi connectivity index (χ1v) is 9.21. The molecule has 7 nitrogen and oxygen atoms in total. The average Bonchev–Trinajstić information content (AvgIpc) is 2.71. The number of hydrogen-bond donors (Lipinski definition) is 1. The summed E-state index contributed by atoms with van der Waals surface area (Å²) in [5.41, 5.74) is 1.51. The molecule has 1 amide bonds. The number of carbonyl (C=O) groups is 2. The lowest BCUT2D eigenvalue weighted by atomic mass is 10.1. The lowest BCUT2D eigenvalue weighted by Crippen LogP contribution is -2.28. The van der Waals surface area contributed by atoms with E-state index in [1.165, 1.54) is 21.3 Å². The number of methoxy groups -OCH3 is 3. The van der Waals surface area contributed by atoms with Gasteiger partial charge < -0.3 is 24.3 Å². The second kappa shape index (κ2) is 10.6. The highest BCUT2D eigenvalue weighted by atomic mass is 79.9. The fourth-order valence-corrected chi connectivity index (χ4v) is 2.71. The maximum Gasteiger partial charge on any atom is 0.310 e. The van der Waals surface area contributed by atoms with Crippen LogP contribution in [0.4, 0.5) is 0 Å². The van der Waals surface area contributed by atoms with E-state index in [1.807, 2.05) is 24.3 Å². The molecule has 28 heavy (non-hydrogen) atoms. The molecule has 150 valence electrons. The van der Waals surface area contributed by atoms with Crippen molar-refractivity contribution in [3.8, 4) is 17.2 Å². The van der Waals surface area contributed by atoms with Crippen LogP contribution >= 0.6 is 15.9 Å². The quantitative estimate of drug-likeness (QED) is 0.590. The van der Waals surface area contributed by atoms with Gasteiger partial charge in [-0.05, 0) is 23.8 Å². The number of esters is 1. The van der Waals surface area contributed by atoms with Gasteiger partial charge in [0, 0.05) is 22.6 Å². The third kappa shape index (κ3) is 6.16. The fraction of sp³-hybridized carbons (Fsp3) is 0.300. The second-order valence-electron chi connectivity index (χ2n) is 5.76. The molecule has 0 aromatic heterocycles. The Hall–Kier alpha value is -2.74. The number of carbonyl (C=O) groups excluding carboxylic acids is 2. The van der Waals surface area contributed by atoms with Gasteiger partial charge in [-0.2, -0.15) is 0 Å². The lowest BCUT2D eigenvalue weighted by molar-refractivity contribution is -0.147. The minimum absolute atomic E-state index is 0.101. The molecule has 0 atom stereocenters. The van der Waals surface area contributed by atoms with Gasteiger partial charge in [-0.1, -0.05) is 28.1 Å². The van der Waals surface area contributed by atoms with Crippen molar-refractivity contribution in [2.24, 2.45) is 0 Å². The number of benzene rings is 2. The summed E-state index contributed by atoms with van der Waals surface area (Å²) in [5, 5.41) is 2.69. The Kier molecular flexibility index (Phi) is 8.13. The summed E-state index contributed by atoms with van der Waals surface area (Å²) in [7, 11) is 4.58. The van der Waals surface area contributed by atoms with E-state index in [0.717, 1.165) is 10.0 Å². The van der Waals surface area contributed by atoms with Gasteiger partial charge in [-0.25, -0.2) is 0 Å². The second-order valence-corrected chi connectivity index (χ2v) is 6.68. The maximum atomic E-state index is 12.0. The molecular weight excluding hydrogens is 430 g/mol. The number of hydrogen-bond acceptors (Lipinski definition) is 6. The summed E-state index contributed by atoms with van der Waals surface area (Å²) in [6.45, 7) is -0.169. The molecular formula is C20H22BrNO6. The van der Waals surface area contributed by atoms with Crippen LogP contribution in [0.25, 0.3) is 0 Å². The highest BCUT2D eigenvalue weighted by Gasteiger charge is 2.14. The number of ether oxygens (including phenoxy) is 4. The predicted octanol–water partition coefficient (Wildman–Crippen LogP) is 2.88. The Balaban J connectivity index is 1.86. The van der Waals surface area contributed by atoms with E-state index in [2.05, 4.69) is 21.2 Å². The third-order valence-corrected chi connectivity index (χ3v) is 4.42. The van der Waals surface area contributed by atoms with Crippen molar-refractivity contribution >= 4 is 27.8 Å². The van der Waals surface area contributed by atoms with Gasteiger partial charge in [-0.15, -0.1) is 0 Å². The van der Waals surface area contributed by atoms with Crippen molar-refractivity contribution in [2.45, 2.75) is 13.0 Å². The van der Waals surface area contributed by atoms with E-state index in [-0.39, 0.29) is 19.6 Å². The SMILES string of the molecule is COc1cc(OC)c(OC)cc1CNC(=O)COC(=O)Cc1ccc(Br)cc1. The van der Waals surface area contributed by atoms with Crippen LogP contribution in [0.1, 0.15) is 11.1 Å². The molecule has 2 rings (SSSR count).